The maximum absolute atomic E-state index is 13.6. The lowest BCUT2D eigenvalue weighted by Gasteiger charge is -2.08. The van der Waals surface area contributed by atoms with Gasteiger partial charge in [0, 0.05) is 28.3 Å². The molecule has 0 aliphatic heterocycles. The lowest BCUT2D eigenvalue weighted by molar-refractivity contribution is 0.0992. The van der Waals surface area contributed by atoms with E-state index in [1.54, 1.807) is 0 Å². The highest BCUT2D eigenvalue weighted by Crippen LogP contribution is 2.26. The van der Waals surface area contributed by atoms with Crippen molar-refractivity contribution < 1.29 is 13.6 Å². The molecule has 2 nitrogen and oxygen atoms in total. The Morgan fingerprint density at radius 3 is 2.60 bits per heavy atom. The minimum atomic E-state index is -0.609. The molecule has 2 rings (SSSR count). The highest BCUT2D eigenvalue weighted by molar-refractivity contribution is 9.10. The van der Waals surface area contributed by atoms with E-state index in [4.69, 9.17) is 17.3 Å². The number of ketones is 1. The molecule has 20 heavy (non-hydrogen) atoms. The monoisotopic (exact) mass is 359 g/mol. The first-order chi connectivity index (χ1) is 9.40. The van der Waals surface area contributed by atoms with Gasteiger partial charge in [-0.15, -0.1) is 0 Å². The van der Waals surface area contributed by atoms with Gasteiger partial charge >= 0.3 is 0 Å². The van der Waals surface area contributed by atoms with Crippen molar-refractivity contribution >= 4 is 39.0 Å². The number of carbonyl (C=O) groups excluding carboxylic acids is 1. The molecule has 0 aromatic heterocycles. The van der Waals surface area contributed by atoms with E-state index < -0.39 is 17.4 Å². The van der Waals surface area contributed by atoms with Crippen molar-refractivity contribution in [3.05, 3.63) is 62.6 Å². The first-order valence-electron chi connectivity index (χ1n) is 5.60. The quantitative estimate of drug-likeness (QED) is 0.652. The van der Waals surface area contributed by atoms with Gasteiger partial charge in [-0.1, -0.05) is 17.7 Å². The zero-order chi connectivity index (χ0) is 14.9. The second-order valence-corrected chi connectivity index (χ2v) is 5.42. The van der Waals surface area contributed by atoms with Gasteiger partial charge in [-0.25, -0.2) is 8.78 Å². The number of hydrogen-bond donors (Lipinski definition) is 1. The van der Waals surface area contributed by atoms with Gasteiger partial charge in [0.1, 0.15) is 11.6 Å². The van der Waals surface area contributed by atoms with Crippen molar-refractivity contribution in [2.75, 3.05) is 5.73 Å². The fraction of sp³-hybridized carbons (Fsp3) is 0.0714. The van der Waals surface area contributed by atoms with E-state index in [1.807, 2.05) is 0 Å². The highest BCUT2D eigenvalue weighted by atomic mass is 79.9. The standard InChI is InChI=1S/C14H9BrClF2NO/c15-9-6-13(19)8(4-12(9)18)14(20)5-7-10(16)2-1-3-11(7)17/h1-4,6H,5,19H2. The number of anilines is 1. The van der Waals surface area contributed by atoms with Crippen molar-refractivity contribution in [2.45, 2.75) is 6.42 Å². The summed E-state index contributed by atoms with van der Waals surface area (Å²) in [5, 5.41) is 0.148. The van der Waals surface area contributed by atoms with E-state index in [1.165, 1.54) is 24.3 Å². The van der Waals surface area contributed by atoms with E-state index >= 15 is 0 Å². The number of rotatable bonds is 3. The summed E-state index contributed by atoms with van der Waals surface area (Å²) >= 11 is 8.82. The predicted molar refractivity (Wildman–Crippen MR) is 78.0 cm³/mol. The van der Waals surface area contributed by atoms with Gasteiger partial charge in [0.05, 0.1) is 4.47 Å². The summed E-state index contributed by atoms with van der Waals surface area (Å²) < 4.78 is 27.2. The maximum atomic E-state index is 13.6. The molecule has 6 heteroatoms. The van der Waals surface area contributed by atoms with Crippen LogP contribution in [-0.4, -0.2) is 5.78 Å². The summed E-state index contributed by atoms with van der Waals surface area (Å²) in [6.45, 7) is 0. The number of nitrogen functional groups attached to an aromatic ring is 1. The molecule has 0 bridgehead atoms. The molecule has 0 aliphatic carbocycles. The van der Waals surface area contributed by atoms with Gasteiger partial charge in [0.15, 0.2) is 5.78 Å². The average Bonchev–Trinajstić information content (AvgIpc) is 2.38. The number of benzene rings is 2. The second-order valence-electron chi connectivity index (χ2n) is 4.15. The summed E-state index contributed by atoms with van der Waals surface area (Å²) in [6.07, 6.45) is -0.281. The van der Waals surface area contributed by atoms with Gasteiger partial charge in [0.2, 0.25) is 0 Å². The lowest BCUT2D eigenvalue weighted by atomic mass is 10.0. The van der Waals surface area contributed by atoms with Crippen molar-refractivity contribution in [3.8, 4) is 0 Å². The molecular formula is C14H9BrClF2NO. The molecular weight excluding hydrogens is 352 g/mol. The number of halogens is 4. The summed E-state index contributed by atoms with van der Waals surface area (Å²) in [6, 6.07) is 6.46. The number of nitrogens with two attached hydrogens (primary N) is 1. The Bertz CT molecular complexity index is 671. The summed E-state index contributed by atoms with van der Waals surface area (Å²) in [7, 11) is 0. The van der Waals surface area contributed by atoms with Crippen LogP contribution in [-0.2, 0) is 6.42 Å². The summed E-state index contributed by atoms with van der Waals surface area (Å²) in [5.74, 6) is -1.69. The van der Waals surface area contributed by atoms with E-state index in [0.717, 1.165) is 6.07 Å². The molecule has 0 fully saturated rings. The smallest absolute Gasteiger partial charge is 0.169 e. The Morgan fingerprint density at radius 1 is 1.25 bits per heavy atom. The van der Waals surface area contributed by atoms with Crippen LogP contribution in [0.5, 0.6) is 0 Å². The number of hydrogen-bond acceptors (Lipinski definition) is 2. The SMILES string of the molecule is Nc1cc(Br)c(F)cc1C(=O)Cc1c(F)cccc1Cl. The van der Waals surface area contributed by atoms with Gasteiger partial charge in [-0.2, -0.15) is 0 Å². The zero-order valence-electron chi connectivity index (χ0n) is 10.1. The maximum Gasteiger partial charge on any atom is 0.169 e. The van der Waals surface area contributed by atoms with Crippen LogP contribution in [0.25, 0.3) is 0 Å². The largest absolute Gasteiger partial charge is 0.398 e. The molecule has 0 saturated heterocycles. The van der Waals surface area contributed by atoms with Crippen LogP contribution in [0.3, 0.4) is 0 Å². The predicted octanol–water partition coefficient (Wildman–Crippen LogP) is 4.39. The van der Waals surface area contributed by atoms with Crippen molar-refractivity contribution in [1.29, 1.82) is 0 Å². The number of carbonyl (C=O) groups is 1. The molecule has 2 aromatic rings. The minimum absolute atomic E-state index is 0.00465. The average molecular weight is 361 g/mol. The fourth-order valence-corrected chi connectivity index (χ4v) is 2.35. The van der Waals surface area contributed by atoms with Crippen LogP contribution in [0.2, 0.25) is 5.02 Å². The normalized spacial score (nSPS) is 10.6. The molecule has 0 heterocycles. The van der Waals surface area contributed by atoms with Crippen LogP contribution in [0.15, 0.2) is 34.8 Å². The van der Waals surface area contributed by atoms with Crippen LogP contribution in [0.1, 0.15) is 15.9 Å². The van der Waals surface area contributed by atoms with E-state index in [2.05, 4.69) is 15.9 Å². The molecule has 0 aliphatic rings. The molecule has 0 unspecified atom stereocenters. The van der Waals surface area contributed by atoms with Gasteiger partial charge < -0.3 is 5.73 Å². The first kappa shape index (κ1) is 14.9. The third-order valence-corrected chi connectivity index (χ3v) is 3.75. The van der Waals surface area contributed by atoms with Crippen molar-refractivity contribution in [1.82, 2.24) is 0 Å². The molecule has 0 amide bonds. The van der Waals surface area contributed by atoms with E-state index in [-0.39, 0.29) is 32.7 Å². The molecule has 2 N–H and O–H groups in total. The van der Waals surface area contributed by atoms with Gasteiger partial charge in [-0.05, 0) is 40.2 Å². The Labute approximate surface area is 127 Å². The minimum Gasteiger partial charge on any atom is -0.398 e. The topological polar surface area (TPSA) is 43.1 Å². The summed E-state index contributed by atoms with van der Waals surface area (Å²) in [5.41, 5.74) is 5.87. The fourth-order valence-electron chi connectivity index (χ4n) is 1.76. The molecule has 0 spiro atoms. The van der Waals surface area contributed by atoms with E-state index in [9.17, 15) is 13.6 Å². The third-order valence-electron chi connectivity index (χ3n) is 2.79. The van der Waals surface area contributed by atoms with Crippen LogP contribution in [0, 0.1) is 11.6 Å². The number of Topliss-reactive ketones (excluding diaryl/α,β-unsaturated/α-hetero) is 1. The van der Waals surface area contributed by atoms with Crippen molar-refractivity contribution in [2.24, 2.45) is 0 Å². The van der Waals surface area contributed by atoms with Crippen LogP contribution < -0.4 is 5.73 Å². The van der Waals surface area contributed by atoms with Crippen LogP contribution >= 0.6 is 27.5 Å². The first-order valence-corrected chi connectivity index (χ1v) is 6.78. The molecule has 104 valence electrons. The Balaban J connectivity index is 2.36. The Hall–Kier alpha value is -1.46. The summed E-state index contributed by atoms with van der Waals surface area (Å²) in [4.78, 5) is 12.1. The van der Waals surface area contributed by atoms with Crippen molar-refractivity contribution in [3.63, 3.8) is 0 Å². The third kappa shape index (κ3) is 2.99. The lowest BCUT2D eigenvalue weighted by Crippen LogP contribution is -2.09. The Morgan fingerprint density at radius 2 is 1.95 bits per heavy atom. The van der Waals surface area contributed by atoms with Crippen LogP contribution in [0.4, 0.5) is 14.5 Å². The Kier molecular flexibility index (Phi) is 4.40. The molecule has 0 atom stereocenters. The molecule has 0 saturated carbocycles. The van der Waals surface area contributed by atoms with E-state index in [0.29, 0.717) is 0 Å². The molecule has 2 aromatic carbocycles. The second kappa shape index (κ2) is 5.89. The van der Waals surface area contributed by atoms with Gasteiger partial charge in [0.25, 0.3) is 0 Å². The highest BCUT2D eigenvalue weighted by Gasteiger charge is 2.17. The zero-order valence-corrected chi connectivity index (χ0v) is 12.4. The van der Waals surface area contributed by atoms with Gasteiger partial charge in [-0.3, -0.25) is 4.79 Å². The molecule has 0 radical (unpaired) electrons.